The molecule has 0 aliphatic heterocycles. The SMILES string of the molecule is CCOC(=O)c1ccc(CC(=NO)c2ccc(O)cc2O)o1. The van der Waals surface area contributed by atoms with Crippen LogP contribution in [0.25, 0.3) is 0 Å². The summed E-state index contributed by atoms with van der Waals surface area (Å²) >= 11 is 0. The van der Waals surface area contributed by atoms with Gasteiger partial charge in [-0.3, -0.25) is 0 Å². The van der Waals surface area contributed by atoms with Crippen molar-refractivity contribution < 1.29 is 29.4 Å². The first-order chi connectivity index (χ1) is 10.5. The maximum atomic E-state index is 11.5. The lowest BCUT2D eigenvalue weighted by Gasteiger charge is -2.06. The Hall–Kier alpha value is -2.96. The van der Waals surface area contributed by atoms with Crippen molar-refractivity contribution in [2.24, 2.45) is 5.16 Å². The highest BCUT2D eigenvalue weighted by atomic mass is 16.5. The van der Waals surface area contributed by atoms with E-state index in [-0.39, 0.29) is 41.6 Å². The molecule has 3 N–H and O–H groups in total. The average Bonchev–Trinajstić information content (AvgIpc) is 2.94. The standard InChI is InChI=1S/C15H15NO6/c1-2-21-15(19)14-6-4-10(22-14)8-12(16-20)11-5-3-9(17)7-13(11)18/h3-7,17-18,20H,2,8H2,1H3. The Labute approximate surface area is 126 Å². The number of carbonyl (C=O) groups is 1. The van der Waals surface area contributed by atoms with Gasteiger partial charge in [0.25, 0.3) is 0 Å². The molecule has 7 nitrogen and oxygen atoms in total. The fraction of sp³-hybridized carbons (Fsp3) is 0.200. The zero-order valence-electron chi connectivity index (χ0n) is 11.8. The number of hydrogen-bond donors (Lipinski definition) is 3. The van der Waals surface area contributed by atoms with Crippen LogP contribution in [0.4, 0.5) is 0 Å². The zero-order valence-corrected chi connectivity index (χ0v) is 11.8. The fourth-order valence-electron chi connectivity index (χ4n) is 1.90. The molecule has 0 saturated heterocycles. The number of oxime groups is 1. The Morgan fingerprint density at radius 3 is 2.68 bits per heavy atom. The van der Waals surface area contributed by atoms with Crippen LogP contribution in [0.15, 0.2) is 39.9 Å². The molecule has 0 spiro atoms. The van der Waals surface area contributed by atoms with Crippen molar-refractivity contribution in [2.75, 3.05) is 6.61 Å². The second kappa shape index (κ2) is 6.66. The Bertz CT molecular complexity index is 704. The molecule has 0 aliphatic carbocycles. The second-order valence-electron chi connectivity index (χ2n) is 4.41. The summed E-state index contributed by atoms with van der Waals surface area (Å²) in [7, 11) is 0. The molecule has 22 heavy (non-hydrogen) atoms. The number of aromatic hydroxyl groups is 2. The zero-order chi connectivity index (χ0) is 16.1. The van der Waals surface area contributed by atoms with Gasteiger partial charge in [-0.1, -0.05) is 5.16 Å². The topological polar surface area (TPSA) is 112 Å². The van der Waals surface area contributed by atoms with Crippen LogP contribution in [0.1, 0.15) is 28.8 Å². The van der Waals surface area contributed by atoms with E-state index in [9.17, 15) is 15.0 Å². The second-order valence-corrected chi connectivity index (χ2v) is 4.41. The number of ether oxygens (including phenoxy) is 1. The van der Waals surface area contributed by atoms with Gasteiger partial charge in [0.05, 0.1) is 18.7 Å². The first-order valence-corrected chi connectivity index (χ1v) is 6.54. The number of nitrogens with zero attached hydrogens (tertiary/aromatic N) is 1. The maximum absolute atomic E-state index is 11.5. The highest BCUT2D eigenvalue weighted by Crippen LogP contribution is 2.24. The average molecular weight is 305 g/mol. The Morgan fingerprint density at radius 1 is 1.27 bits per heavy atom. The molecule has 0 fully saturated rings. The molecule has 0 aliphatic rings. The number of phenols is 2. The van der Waals surface area contributed by atoms with Crippen molar-refractivity contribution in [3.63, 3.8) is 0 Å². The molecule has 0 atom stereocenters. The van der Waals surface area contributed by atoms with E-state index in [1.54, 1.807) is 13.0 Å². The van der Waals surface area contributed by atoms with Gasteiger partial charge < -0.3 is 24.6 Å². The van der Waals surface area contributed by atoms with E-state index in [1.165, 1.54) is 18.2 Å². The first kappa shape index (κ1) is 15.4. The van der Waals surface area contributed by atoms with Gasteiger partial charge >= 0.3 is 5.97 Å². The van der Waals surface area contributed by atoms with Crippen molar-refractivity contribution >= 4 is 11.7 Å². The van der Waals surface area contributed by atoms with E-state index in [1.807, 2.05) is 0 Å². The molecule has 0 saturated carbocycles. The number of furan rings is 1. The van der Waals surface area contributed by atoms with Gasteiger partial charge in [-0.25, -0.2) is 4.79 Å². The van der Waals surface area contributed by atoms with Gasteiger partial charge in [0.15, 0.2) is 0 Å². The Balaban J connectivity index is 2.19. The molecule has 0 amide bonds. The van der Waals surface area contributed by atoms with Gasteiger partial charge in [0.1, 0.15) is 17.3 Å². The molecule has 7 heteroatoms. The third kappa shape index (κ3) is 3.38. The van der Waals surface area contributed by atoms with Crippen LogP contribution in [0.5, 0.6) is 11.5 Å². The molecule has 0 unspecified atom stereocenters. The minimum atomic E-state index is -0.580. The largest absolute Gasteiger partial charge is 0.508 e. The van der Waals surface area contributed by atoms with Gasteiger partial charge in [-0.15, -0.1) is 0 Å². The molecule has 1 aromatic carbocycles. The van der Waals surface area contributed by atoms with E-state index >= 15 is 0 Å². The molecule has 116 valence electrons. The number of rotatable bonds is 5. The minimum Gasteiger partial charge on any atom is -0.508 e. The first-order valence-electron chi connectivity index (χ1n) is 6.54. The third-order valence-corrected chi connectivity index (χ3v) is 2.89. The van der Waals surface area contributed by atoms with Crippen LogP contribution in [-0.4, -0.2) is 33.7 Å². The molecular weight excluding hydrogens is 290 g/mol. The van der Waals surface area contributed by atoms with E-state index in [4.69, 9.17) is 14.4 Å². The molecule has 1 heterocycles. The number of benzene rings is 1. The van der Waals surface area contributed by atoms with Crippen molar-refractivity contribution in [2.45, 2.75) is 13.3 Å². The van der Waals surface area contributed by atoms with Crippen LogP contribution in [-0.2, 0) is 11.2 Å². The molecule has 0 radical (unpaired) electrons. The predicted molar refractivity (Wildman–Crippen MR) is 76.5 cm³/mol. The van der Waals surface area contributed by atoms with E-state index in [2.05, 4.69) is 5.16 Å². The summed E-state index contributed by atoms with van der Waals surface area (Å²) < 4.78 is 10.1. The summed E-state index contributed by atoms with van der Waals surface area (Å²) in [6, 6.07) is 6.90. The lowest BCUT2D eigenvalue weighted by Crippen LogP contribution is -2.06. The molecular formula is C15H15NO6. The van der Waals surface area contributed by atoms with Gasteiger partial charge in [0, 0.05) is 11.6 Å². The summed E-state index contributed by atoms with van der Waals surface area (Å²) in [4.78, 5) is 11.5. The van der Waals surface area contributed by atoms with Crippen molar-refractivity contribution in [1.82, 2.24) is 0 Å². The van der Waals surface area contributed by atoms with Gasteiger partial charge in [-0.05, 0) is 31.2 Å². The summed E-state index contributed by atoms with van der Waals surface area (Å²) in [5, 5.41) is 31.3. The third-order valence-electron chi connectivity index (χ3n) is 2.89. The lowest BCUT2D eigenvalue weighted by atomic mass is 10.0. The monoisotopic (exact) mass is 305 g/mol. The van der Waals surface area contributed by atoms with Crippen LogP contribution >= 0.6 is 0 Å². The molecule has 2 aromatic rings. The quantitative estimate of drug-likeness (QED) is 0.338. The van der Waals surface area contributed by atoms with Gasteiger partial charge in [-0.2, -0.15) is 0 Å². The fourth-order valence-corrected chi connectivity index (χ4v) is 1.90. The van der Waals surface area contributed by atoms with Crippen molar-refractivity contribution in [3.8, 4) is 11.5 Å². The van der Waals surface area contributed by atoms with Crippen molar-refractivity contribution in [3.05, 3.63) is 47.4 Å². The van der Waals surface area contributed by atoms with Crippen LogP contribution < -0.4 is 0 Å². The number of esters is 1. The number of phenolic OH excluding ortho intramolecular Hbond substituents is 2. The summed E-state index contributed by atoms with van der Waals surface area (Å²) in [5.41, 5.74) is 0.372. The molecule has 2 rings (SSSR count). The highest BCUT2D eigenvalue weighted by Gasteiger charge is 2.16. The number of hydrogen-bond acceptors (Lipinski definition) is 7. The predicted octanol–water partition coefficient (Wildman–Crippen LogP) is 2.29. The Kier molecular flexibility index (Phi) is 4.67. The van der Waals surface area contributed by atoms with E-state index < -0.39 is 5.97 Å². The summed E-state index contributed by atoms with van der Waals surface area (Å²) in [5.74, 6) is -0.512. The normalized spacial score (nSPS) is 11.4. The summed E-state index contributed by atoms with van der Waals surface area (Å²) in [6.07, 6.45) is 0.0498. The Morgan fingerprint density at radius 2 is 2.05 bits per heavy atom. The lowest BCUT2D eigenvalue weighted by molar-refractivity contribution is 0.0488. The minimum absolute atomic E-state index is 0.0454. The van der Waals surface area contributed by atoms with Crippen LogP contribution in [0.3, 0.4) is 0 Å². The van der Waals surface area contributed by atoms with E-state index in [0.717, 1.165) is 6.07 Å². The maximum Gasteiger partial charge on any atom is 0.374 e. The molecule has 0 bridgehead atoms. The van der Waals surface area contributed by atoms with Crippen LogP contribution in [0.2, 0.25) is 0 Å². The highest BCUT2D eigenvalue weighted by molar-refractivity contribution is 6.03. The summed E-state index contributed by atoms with van der Waals surface area (Å²) in [6.45, 7) is 1.92. The van der Waals surface area contributed by atoms with Crippen LogP contribution in [0, 0.1) is 0 Å². The smallest absolute Gasteiger partial charge is 0.374 e. The van der Waals surface area contributed by atoms with Gasteiger partial charge in [0.2, 0.25) is 5.76 Å². The molecule has 1 aromatic heterocycles. The van der Waals surface area contributed by atoms with Crippen molar-refractivity contribution in [1.29, 1.82) is 0 Å². The number of carbonyl (C=O) groups excluding carboxylic acids is 1. The van der Waals surface area contributed by atoms with E-state index in [0.29, 0.717) is 5.76 Å².